The van der Waals surface area contributed by atoms with E-state index in [0.717, 1.165) is 25.9 Å². The number of nitrogens with one attached hydrogen (secondary N) is 2. The van der Waals surface area contributed by atoms with Crippen LogP contribution in [0.5, 0.6) is 0 Å². The zero-order valence-electron chi connectivity index (χ0n) is 9.35. The Morgan fingerprint density at radius 3 is 3.19 bits per heavy atom. The second-order valence-electron chi connectivity index (χ2n) is 4.09. The molecule has 0 bridgehead atoms. The molecule has 0 radical (unpaired) electrons. The maximum absolute atomic E-state index is 11.7. The Morgan fingerprint density at radius 2 is 2.50 bits per heavy atom. The molecule has 5 heteroatoms. The van der Waals surface area contributed by atoms with Gasteiger partial charge in [0, 0.05) is 25.5 Å². The average Bonchev–Trinajstić information content (AvgIpc) is 2.83. The molecule has 2 N–H and O–H groups in total. The number of hydrogen-bond acceptors (Lipinski definition) is 3. The van der Waals surface area contributed by atoms with Crippen molar-refractivity contribution < 1.29 is 4.79 Å². The number of hydrogen-bond donors (Lipinski definition) is 2. The fourth-order valence-electron chi connectivity index (χ4n) is 1.93. The Labute approximate surface area is 95.2 Å². The number of piperidine rings is 1. The molecule has 2 heterocycles. The van der Waals surface area contributed by atoms with Crippen molar-refractivity contribution in [2.24, 2.45) is 0 Å². The van der Waals surface area contributed by atoms with Crippen LogP contribution >= 0.6 is 0 Å². The molecule has 0 spiro atoms. The van der Waals surface area contributed by atoms with E-state index in [-0.39, 0.29) is 11.9 Å². The maximum atomic E-state index is 11.7. The number of aromatic nitrogens is 2. The zero-order chi connectivity index (χ0) is 11.2. The van der Waals surface area contributed by atoms with Gasteiger partial charge in [-0.05, 0) is 19.4 Å². The SMILES string of the molecule is O=C(NCCn1ccnc1)[C@@H]1CCCCN1. The van der Waals surface area contributed by atoms with E-state index in [9.17, 15) is 4.79 Å². The summed E-state index contributed by atoms with van der Waals surface area (Å²) in [6.45, 7) is 2.39. The van der Waals surface area contributed by atoms with Crippen molar-refractivity contribution in [3.05, 3.63) is 18.7 Å². The van der Waals surface area contributed by atoms with Gasteiger partial charge >= 0.3 is 0 Å². The van der Waals surface area contributed by atoms with Crippen LogP contribution in [0, 0.1) is 0 Å². The molecule has 1 fully saturated rings. The van der Waals surface area contributed by atoms with Gasteiger partial charge in [-0.25, -0.2) is 4.98 Å². The van der Waals surface area contributed by atoms with Crippen LogP contribution < -0.4 is 10.6 Å². The minimum atomic E-state index is 0.0107. The first-order chi connectivity index (χ1) is 7.86. The van der Waals surface area contributed by atoms with Gasteiger partial charge in [0.2, 0.25) is 5.91 Å². The Morgan fingerprint density at radius 1 is 1.56 bits per heavy atom. The highest BCUT2D eigenvalue weighted by molar-refractivity contribution is 5.81. The molecule has 1 saturated heterocycles. The summed E-state index contributed by atoms with van der Waals surface area (Å²) < 4.78 is 1.95. The molecule has 0 aromatic carbocycles. The molecule has 0 aliphatic carbocycles. The van der Waals surface area contributed by atoms with Crippen LogP contribution in [0.4, 0.5) is 0 Å². The van der Waals surface area contributed by atoms with Gasteiger partial charge in [-0.2, -0.15) is 0 Å². The summed E-state index contributed by atoms with van der Waals surface area (Å²) in [4.78, 5) is 15.7. The first-order valence-electron chi connectivity index (χ1n) is 5.83. The molecule has 1 aromatic rings. The van der Waals surface area contributed by atoms with Gasteiger partial charge in [0.1, 0.15) is 0 Å². The van der Waals surface area contributed by atoms with Gasteiger partial charge in [-0.3, -0.25) is 4.79 Å². The summed E-state index contributed by atoms with van der Waals surface area (Å²) in [5.41, 5.74) is 0. The van der Waals surface area contributed by atoms with Gasteiger partial charge in [-0.1, -0.05) is 6.42 Å². The second-order valence-corrected chi connectivity index (χ2v) is 4.09. The number of rotatable bonds is 4. The van der Waals surface area contributed by atoms with Crippen molar-refractivity contribution in [1.82, 2.24) is 20.2 Å². The van der Waals surface area contributed by atoms with Crippen LogP contribution in [0.2, 0.25) is 0 Å². The Bertz CT molecular complexity index is 317. The van der Waals surface area contributed by atoms with Crippen LogP contribution in [0.1, 0.15) is 19.3 Å². The largest absolute Gasteiger partial charge is 0.353 e. The van der Waals surface area contributed by atoms with Gasteiger partial charge in [0.05, 0.1) is 12.4 Å². The van der Waals surface area contributed by atoms with E-state index in [1.807, 2.05) is 10.8 Å². The number of nitrogens with zero attached hydrogens (tertiary/aromatic N) is 2. The van der Waals surface area contributed by atoms with Gasteiger partial charge in [0.25, 0.3) is 0 Å². The van der Waals surface area contributed by atoms with E-state index < -0.39 is 0 Å². The Hall–Kier alpha value is -1.36. The van der Waals surface area contributed by atoms with Crippen molar-refractivity contribution in [3.63, 3.8) is 0 Å². The lowest BCUT2D eigenvalue weighted by atomic mass is 10.0. The highest BCUT2D eigenvalue weighted by Gasteiger charge is 2.19. The lowest BCUT2D eigenvalue weighted by molar-refractivity contribution is -0.123. The predicted octanol–water partition coefficient (Wildman–Crippen LogP) is 0.141. The Kier molecular flexibility index (Phi) is 3.93. The highest BCUT2D eigenvalue weighted by Crippen LogP contribution is 2.06. The molecule has 0 unspecified atom stereocenters. The van der Waals surface area contributed by atoms with Crippen molar-refractivity contribution in [3.8, 4) is 0 Å². The minimum Gasteiger partial charge on any atom is -0.353 e. The van der Waals surface area contributed by atoms with Crippen LogP contribution in [-0.4, -0.2) is 34.6 Å². The lowest BCUT2D eigenvalue weighted by Crippen LogP contribution is -2.47. The average molecular weight is 222 g/mol. The summed E-state index contributed by atoms with van der Waals surface area (Å²) in [5.74, 6) is 0.125. The number of imidazole rings is 1. The van der Waals surface area contributed by atoms with E-state index in [4.69, 9.17) is 0 Å². The molecule has 5 nitrogen and oxygen atoms in total. The first-order valence-corrected chi connectivity index (χ1v) is 5.83. The minimum absolute atomic E-state index is 0.0107. The summed E-state index contributed by atoms with van der Waals surface area (Å²) >= 11 is 0. The third-order valence-electron chi connectivity index (χ3n) is 2.86. The third-order valence-corrected chi connectivity index (χ3v) is 2.86. The number of amides is 1. The predicted molar refractivity (Wildman–Crippen MR) is 60.9 cm³/mol. The van der Waals surface area contributed by atoms with Crippen LogP contribution in [0.25, 0.3) is 0 Å². The number of carbonyl (C=O) groups excluding carboxylic acids is 1. The molecule has 1 atom stereocenters. The molecule has 2 rings (SSSR count). The zero-order valence-corrected chi connectivity index (χ0v) is 9.35. The lowest BCUT2D eigenvalue weighted by Gasteiger charge is -2.22. The summed E-state index contributed by atoms with van der Waals surface area (Å²) in [7, 11) is 0. The van der Waals surface area contributed by atoms with Crippen LogP contribution in [0.15, 0.2) is 18.7 Å². The summed E-state index contributed by atoms with van der Waals surface area (Å²) in [6.07, 6.45) is 8.67. The van der Waals surface area contributed by atoms with Crippen molar-refractivity contribution in [1.29, 1.82) is 0 Å². The fraction of sp³-hybridized carbons (Fsp3) is 0.636. The molecule has 1 aliphatic rings. The first kappa shape index (κ1) is 11.1. The Balaban J connectivity index is 1.67. The maximum Gasteiger partial charge on any atom is 0.237 e. The highest BCUT2D eigenvalue weighted by atomic mass is 16.2. The van der Waals surface area contributed by atoms with E-state index in [0.29, 0.717) is 6.54 Å². The smallest absolute Gasteiger partial charge is 0.237 e. The molecule has 1 amide bonds. The third kappa shape index (κ3) is 3.06. The summed E-state index contributed by atoms with van der Waals surface area (Å²) in [6, 6.07) is 0.0107. The fourth-order valence-corrected chi connectivity index (χ4v) is 1.93. The topological polar surface area (TPSA) is 59.0 Å². The summed E-state index contributed by atoms with van der Waals surface area (Å²) in [5, 5.41) is 6.17. The molecule has 1 aromatic heterocycles. The monoisotopic (exact) mass is 222 g/mol. The van der Waals surface area contributed by atoms with E-state index >= 15 is 0 Å². The standard InChI is InChI=1S/C11H18N4O/c16-11(10-3-1-2-4-13-10)14-6-8-15-7-5-12-9-15/h5,7,9-10,13H,1-4,6,8H2,(H,14,16)/t10-/m0/s1. The van der Waals surface area contributed by atoms with E-state index in [2.05, 4.69) is 15.6 Å². The quantitative estimate of drug-likeness (QED) is 0.762. The van der Waals surface area contributed by atoms with Crippen molar-refractivity contribution >= 4 is 5.91 Å². The molecule has 88 valence electrons. The molecular weight excluding hydrogens is 204 g/mol. The molecule has 1 aliphatic heterocycles. The van der Waals surface area contributed by atoms with Crippen molar-refractivity contribution in [2.45, 2.75) is 31.8 Å². The normalized spacial score (nSPS) is 20.6. The molecular formula is C11H18N4O. The van der Waals surface area contributed by atoms with Crippen molar-refractivity contribution in [2.75, 3.05) is 13.1 Å². The van der Waals surface area contributed by atoms with Crippen LogP contribution in [-0.2, 0) is 11.3 Å². The molecule has 0 saturated carbocycles. The second kappa shape index (κ2) is 5.65. The number of carbonyl (C=O) groups is 1. The van der Waals surface area contributed by atoms with Gasteiger partial charge in [-0.15, -0.1) is 0 Å². The van der Waals surface area contributed by atoms with E-state index in [1.54, 1.807) is 12.5 Å². The van der Waals surface area contributed by atoms with Gasteiger partial charge in [0.15, 0.2) is 0 Å². The van der Waals surface area contributed by atoms with E-state index in [1.165, 1.54) is 6.42 Å². The molecule has 16 heavy (non-hydrogen) atoms. The van der Waals surface area contributed by atoms with Crippen LogP contribution in [0.3, 0.4) is 0 Å². The van der Waals surface area contributed by atoms with Gasteiger partial charge < -0.3 is 15.2 Å².